The largest absolute Gasteiger partial charge is 0.388 e. The predicted molar refractivity (Wildman–Crippen MR) is 67.7 cm³/mol. The third kappa shape index (κ3) is 2.38. The summed E-state index contributed by atoms with van der Waals surface area (Å²) in [5.41, 5.74) is 2.31. The molecule has 88 valence electrons. The van der Waals surface area contributed by atoms with E-state index in [1.165, 1.54) is 18.5 Å². The van der Waals surface area contributed by atoms with E-state index in [1.807, 2.05) is 6.92 Å². The van der Waals surface area contributed by atoms with Crippen molar-refractivity contribution in [2.24, 2.45) is 0 Å². The summed E-state index contributed by atoms with van der Waals surface area (Å²) >= 11 is 0. The number of hydrogen-bond donors (Lipinski definition) is 1. The molecule has 0 aromatic heterocycles. The SMILES string of the molecule is CCC(O)c1ccc(N(CC)C2CC2)cc1. The molecule has 2 rings (SSSR count). The fourth-order valence-corrected chi connectivity index (χ4v) is 2.16. The third-order valence-electron chi connectivity index (χ3n) is 3.32. The zero-order valence-electron chi connectivity index (χ0n) is 10.2. The average molecular weight is 219 g/mol. The van der Waals surface area contributed by atoms with E-state index in [0.29, 0.717) is 0 Å². The molecule has 1 N–H and O–H groups in total. The first kappa shape index (κ1) is 11.5. The molecule has 1 fully saturated rings. The van der Waals surface area contributed by atoms with Crippen LogP contribution in [-0.4, -0.2) is 17.7 Å². The summed E-state index contributed by atoms with van der Waals surface area (Å²) in [6.45, 7) is 5.27. The van der Waals surface area contributed by atoms with Crippen LogP contribution in [-0.2, 0) is 0 Å². The number of benzene rings is 1. The Morgan fingerprint density at radius 1 is 1.25 bits per heavy atom. The predicted octanol–water partition coefficient (Wildman–Crippen LogP) is 3.12. The van der Waals surface area contributed by atoms with E-state index in [2.05, 4.69) is 36.1 Å². The first-order valence-electron chi connectivity index (χ1n) is 6.31. The van der Waals surface area contributed by atoms with Gasteiger partial charge in [-0.25, -0.2) is 0 Å². The van der Waals surface area contributed by atoms with Crippen LogP contribution < -0.4 is 4.90 Å². The molecule has 0 spiro atoms. The molecule has 0 aliphatic heterocycles. The molecule has 16 heavy (non-hydrogen) atoms. The number of nitrogens with zero attached hydrogens (tertiary/aromatic N) is 1. The molecule has 0 radical (unpaired) electrons. The van der Waals surface area contributed by atoms with Gasteiger partial charge in [0, 0.05) is 18.3 Å². The normalized spacial score (nSPS) is 17.2. The lowest BCUT2D eigenvalue weighted by Gasteiger charge is -2.23. The molecule has 0 heterocycles. The molecule has 1 unspecified atom stereocenters. The Morgan fingerprint density at radius 3 is 2.31 bits per heavy atom. The van der Waals surface area contributed by atoms with Crippen molar-refractivity contribution < 1.29 is 5.11 Å². The molecular formula is C14H21NO. The summed E-state index contributed by atoms with van der Waals surface area (Å²) in [5.74, 6) is 0. The number of hydrogen-bond acceptors (Lipinski definition) is 2. The van der Waals surface area contributed by atoms with E-state index in [1.54, 1.807) is 0 Å². The van der Waals surface area contributed by atoms with E-state index < -0.39 is 0 Å². The van der Waals surface area contributed by atoms with Crippen LogP contribution in [0.2, 0.25) is 0 Å². The maximum Gasteiger partial charge on any atom is 0.0787 e. The molecule has 0 saturated heterocycles. The first-order chi connectivity index (χ1) is 7.76. The minimum atomic E-state index is -0.315. The molecule has 0 bridgehead atoms. The molecule has 1 aliphatic rings. The molecule has 1 saturated carbocycles. The fourth-order valence-electron chi connectivity index (χ4n) is 2.16. The van der Waals surface area contributed by atoms with Crippen LogP contribution >= 0.6 is 0 Å². The molecule has 1 aliphatic carbocycles. The van der Waals surface area contributed by atoms with Crippen molar-refractivity contribution in [3.8, 4) is 0 Å². The molecular weight excluding hydrogens is 198 g/mol. The van der Waals surface area contributed by atoms with Crippen molar-refractivity contribution in [2.45, 2.75) is 45.3 Å². The Morgan fingerprint density at radius 2 is 1.88 bits per heavy atom. The Balaban J connectivity index is 2.11. The first-order valence-corrected chi connectivity index (χ1v) is 6.31. The second kappa shape index (κ2) is 4.88. The van der Waals surface area contributed by atoms with E-state index >= 15 is 0 Å². The lowest BCUT2D eigenvalue weighted by molar-refractivity contribution is 0.173. The second-order valence-corrected chi connectivity index (χ2v) is 4.53. The summed E-state index contributed by atoms with van der Waals surface area (Å²) in [5, 5.41) is 9.72. The Bertz CT molecular complexity index is 329. The maximum absolute atomic E-state index is 9.72. The molecule has 2 heteroatoms. The number of aliphatic hydroxyl groups excluding tert-OH is 1. The van der Waals surface area contributed by atoms with Crippen molar-refractivity contribution in [1.82, 2.24) is 0 Å². The lowest BCUT2D eigenvalue weighted by atomic mass is 10.1. The highest BCUT2D eigenvalue weighted by Crippen LogP contribution is 2.32. The van der Waals surface area contributed by atoms with E-state index in [9.17, 15) is 5.11 Å². The van der Waals surface area contributed by atoms with Gasteiger partial charge >= 0.3 is 0 Å². The van der Waals surface area contributed by atoms with Gasteiger partial charge in [-0.05, 0) is 43.9 Å². The summed E-state index contributed by atoms with van der Waals surface area (Å²) in [6.07, 6.45) is 3.12. The van der Waals surface area contributed by atoms with Gasteiger partial charge in [-0.3, -0.25) is 0 Å². The monoisotopic (exact) mass is 219 g/mol. The van der Waals surface area contributed by atoms with Crippen molar-refractivity contribution in [3.05, 3.63) is 29.8 Å². The topological polar surface area (TPSA) is 23.5 Å². The van der Waals surface area contributed by atoms with Gasteiger partial charge in [0.05, 0.1) is 6.10 Å². The van der Waals surface area contributed by atoms with Crippen LogP contribution in [0, 0.1) is 0 Å². The minimum Gasteiger partial charge on any atom is -0.388 e. The number of rotatable bonds is 5. The highest BCUT2D eigenvalue weighted by molar-refractivity contribution is 5.49. The van der Waals surface area contributed by atoms with Crippen molar-refractivity contribution in [2.75, 3.05) is 11.4 Å². The Hall–Kier alpha value is -1.02. The lowest BCUT2D eigenvalue weighted by Crippen LogP contribution is -2.24. The fraction of sp³-hybridized carbons (Fsp3) is 0.571. The van der Waals surface area contributed by atoms with Gasteiger partial charge < -0.3 is 10.0 Å². The molecule has 1 aromatic carbocycles. The van der Waals surface area contributed by atoms with Crippen LogP contribution in [0.25, 0.3) is 0 Å². The highest BCUT2D eigenvalue weighted by Gasteiger charge is 2.27. The zero-order valence-corrected chi connectivity index (χ0v) is 10.2. The van der Waals surface area contributed by atoms with Gasteiger partial charge in [-0.1, -0.05) is 19.1 Å². The Kier molecular flexibility index (Phi) is 3.49. The minimum absolute atomic E-state index is 0.315. The summed E-state index contributed by atoms with van der Waals surface area (Å²) < 4.78 is 0. The van der Waals surface area contributed by atoms with Gasteiger partial charge in [0.15, 0.2) is 0 Å². The van der Waals surface area contributed by atoms with Crippen LogP contribution in [0.15, 0.2) is 24.3 Å². The molecule has 1 aromatic rings. The van der Waals surface area contributed by atoms with Crippen LogP contribution in [0.4, 0.5) is 5.69 Å². The van der Waals surface area contributed by atoms with Crippen LogP contribution in [0.3, 0.4) is 0 Å². The maximum atomic E-state index is 9.72. The van der Waals surface area contributed by atoms with Gasteiger partial charge in [-0.2, -0.15) is 0 Å². The van der Waals surface area contributed by atoms with Gasteiger partial charge in [-0.15, -0.1) is 0 Å². The van der Waals surface area contributed by atoms with Crippen molar-refractivity contribution in [3.63, 3.8) is 0 Å². The third-order valence-corrected chi connectivity index (χ3v) is 3.32. The second-order valence-electron chi connectivity index (χ2n) is 4.53. The summed E-state index contributed by atoms with van der Waals surface area (Å²) in [7, 11) is 0. The standard InChI is InChI=1S/C14H21NO/c1-3-14(16)11-5-7-12(8-6-11)15(4-2)13-9-10-13/h5-8,13-14,16H,3-4,9-10H2,1-2H3. The van der Waals surface area contributed by atoms with Crippen LogP contribution in [0.1, 0.15) is 44.8 Å². The van der Waals surface area contributed by atoms with E-state index in [0.717, 1.165) is 24.6 Å². The van der Waals surface area contributed by atoms with Gasteiger partial charge in [0.2, 0.25) is 0 Å². The Labute approximate surface area is 97.9 Å². The number of anilines is 1. The zero-order chi connectivity index (χ0) is 11.5. The summed E-state index contributed by atoms with van der Waals surface area (Å²) in [4.78, 5) is 2.45. The van der Waals surface area contributed by atoms with Crippen molar-refractivity contribution >= 4 is 5.69 Å². The summed E-state index contributed by atoms with van der Waals surface area (Å²) in [6, 6.07) is 9.13. The van der Waals surface area contributed by atoms with E-state index in [-0.39, 0.29) is 6.10 Å². The highest BCUT2D eigenvalue weighted by atomic mass is 16.3. The molecule has 0 amide bonds. The molecule has 1 atom stereocenters. The van der Waals surface area contributed by atoms with E-state index in [4.69, 9.17) is 0 Å². The van der Waals surface area contributed by atoms with Crippen LogP contribution in [0.5, 0.6) is 0 Å². The average Bonchev–Trinajstić information content (AvgIpc) is 3.14. The molecule has 2 nitrogen and oxygen atoms in total. The number of aliphatic hydroxyl groups is 1. The van der Waals surface area contributed by atoms with Gasteiger partial charge in [0.25, 0.3) is 0 Å². The van der Waals surface area contributed by atoms with Crippen molar-refractivity contribution in [1.29, 1.82) is 0 Å². The van der Waals surface area contributed by atoms with Gasteiger partial charge in [0.1, 0.15) is 0 Å². The smallest absolute Gasteiger partial charge is 0.0787 e. The quantitative estimate of drug-likeness (QED) is 0.822.